The first-order valence-corrected chi connectivity index (χ1v) is 8.80. The smallest absolute Gasteiger partial charge is 0.306 e. The Labute approximate surface area is 126 Å². The Hall–Kier alpha value is -0.530. The molecular formula is C18H36O2. The summed E-state index contributed by atoms with van der Waals surface area (Å²) < 4.78 is 0. The van der Waals surface area contributed by atoms with Crippen LogP contribution in [0, 0.1) is 11.8 Å². The fourth-order valence-corrected chi connectivity index (χ4v) is 2.61. The summed E-state index contributed by atoms with van der Waals surface area (Å²) in [6.45, 7) is 6.34. The van der Waals surface area contributed by atoms with E-state index < -0.39 is 5.97 Å². The molecule has 0 rings (SSSR count). The van der Waals surface area contributed by atoms with Gasteiger partial charge in [-0.2, -0.15) is 0 Å². The number of unbranched alkanes of at least 4 members (excludes halogenated alkanes) is 8. The largest absolute Gasteiger partial charge is 0.481 e. The van der Waals surface area contributed by atoms with Crippen LogP contribution in [0.1, 0.15) is 97.8 Å². The number of aliphatic carboxylic acids is 1. The average molecular weight is 284 g/mol. The van der Waals surface area contributed by atoms with Gasteiger partial charge in [-0.1, -0.05) is 85.0 Å². The SMILES string of the molecule is CCCCCCCCCCCC(C)CCC(C)C(=O)O. The lowest BCUT2D eigenvalue weighted by atomic mass is 9.93. The van der Waals surface area contributed by atoms with Gasteiger partial charge in [0.05, 0.1) is 5.92 Å². The van der Waals surface area contributed by atoms with E-state index in [1.165, 1.54) is 64.2 Å². The van der Waals surface area contributed by atoms with Crippen LogP contribution in [0.5, 0.6) is 0 Å². The van der Waals surface area contributed by atoms with Crippen LogP contribution in [0.4, 0.5) is 0 Å². The molecule has 1 N–H and O–H groups in total. The summed E-state index contributed by atoms with van der Waals surface area (Å²) in [4.78, 5) is 10.7. The third kappa shape index (κ3) is 12.5. The number of carboxylic acids is 1. The van der Waals surface area contributed by atoms with E-state index in [0.717, 1.165) is 12.8 Å². The predicted molar refractivity (Wildman–Crippen MR) is 87.0 cm³/mol. The minimum atomic E-state index is -0.653. The van der Waals surface area contributed by atoms with Gasteiger partial charge in [-0.05, 0) is 18.8 Å². The molecular weight excluding hydrogens is 248 g/mol. The Morgan fingerprint density at radius 2 is 1.30 bits per heavy atom. The summed E-state index contributed by atoms with van der Waals surface area (Å²) in [7, 11) is 0. The fourth-order valence-electron chi connectivity index (χ4n) is 2.61. The van der Waals surface area contributed by atoms with E-state index in [1.807, 2.05) is 6.92 Å². The van der Waals surface area contributed by atoms with Gasteiger partial charge in [0.25, 0.3) is 0 Å². The van der Waals surface area contributed by atoms with Gasteiger partial charge in [0.15, 0.2) is 0 Å². The molecule has 0 aliphatic rings. The first kappa shape index (κ1) is 19.5. The first-order chi connectivity index (χ1) is 9.57. The lowest BCUT2D eigenvalue weighted by molar-refractivity contribution is -0.141. The molecule has 20 heavy (non-hydrogen) atoms. The quantitative estimate of drug-likeness (QED) is 0.394. The van der Waals surface area contributed by atoms with Gasteiger partial charge in [0, 0.05) is 0 Å². The second-order valence-corrected chi connectivity index (χ2v) is 6.54. The Morgan fingerprint density at radius 1 is 0.800 bits per heavy atom. The maximum Gasteiger partial charge on any atom is 0.306 e. The van der Waals surface area contributed by atoms with E-state index in [1.54, 1.807) is 0 Å². The van der Waals surface area contributed by atoms with Crippen LogP contribution in [-0.2, 0) is 4.79 Å². The van der Waals surface area contributed by atoms with Crippen molar-refractivity contribution >= 4 is 5.97 Å². The van der Waals surface area contributed by atoms with Crippen molar-refractivity contribution in [1.82, 2.24) is 0 Å². The fraction of sp³-hybridized carbons (Fsp3) is 0.944. The lowest BCUT2D eigenvalue weighted by Crippen LogP contribution is -2.10. The zero-order valence-corrected chi connectivity index (χ0v) is 14.0. The molecule has 0 bridgehead atoms. The number of hydrogen-bond acceptors (Lipinski definition) is 1. The molecule has 0 radical (unpaired) electrons. The molecule has 0 aliphatic carbocycles. The molecule has 2 unspecified atom stereocenters. The molecule has 0 aliphatic heterocycles. The number of carboxylic acid groups (broad SMARTS) is 1. The molecule has 0 aromatic rings. The van der Waals surface area contributed by atoms with E-state index in [4.69, 9.17) is 5.11 Å². The van der Waals surface area contributed by atoms with Crippen molar-refractivity contribution < 1.29 is 9.90 Å². The highest BCUT2D eigenvalue weighted by atomic mass is 16.4. The maximum absolute atomic E-state index is 10.7. The second-order valence-electron chi connectivity index (χ2n) is 6.54. The van der Waals surface area contributed by atoms with Crippen LogP contribution in [0.3, 0.4) is 0 Å². The van der Waals surface area contributed by atoms with Crippen LogP contribution in [0.2, 0.25) is 0 Å². The molecule has 0 aromatic carbocycles. The first-order valence-electron chi connectivity index (χ1n) is 8.80. The standard InChI is InChI=1S/C18H36O2/c1-4-5-6-7-8-9-10-11-12-13-16(2)14-15-17(3)18(19)20/h16-17H,4-15H2,1-3H3,(H,19,20). The minimum absolute atomic E-state index is 0.180. The van der Waals surface area contributed by atoms with Crippen molar-refractivity contribution in [3.8, 4) is 0 Å². The third-order valence-electron chi connectivity index (χ3n) is 4.31. The second kappa shape index (κ2) is 13.5. The molecule has 2 atom stereocenters. The van der Waals surface area contributed by atoms with Gasteiger partial charge in [0.2, 0.25) is 0 Å². The summed E-state index contributed by atoms with van der Waals surface area (Å²) >= 11 is 0. The Bertz CT molecular complexity index is 225. The van der Waals surface area contributed by atoms with Gasteiger partial charge in [0.1, 0.15) is 0 Å². The normalized spacial score (nSPS) is 14.2. The minimum Gasteiger partial charge on any atom is -0.481 e. The van der Waals surface area contributed by atoms with Gasteiger partial charge >= 0.3 is 5.97 Å². The maximum atomic E-state index is 10.7. The highest BCUT2D eigenvalue weighted by molar-refractivity contribution is 5.69. The van der Waals surface area contributed by atoms with E-state index in [0.29, 0.717) is 5.92 Å². The van der Waals surface area contributed by atoms with Gasteiger partial charge in [-0.25, -0.2) is 0 Å². The highest BCUT2D eigenvalue weighted by Crippen LogP contribution is 2.19. The van der Waals surface area contributed by atoms with E-state index >= 15 is 0 Å². The van der Waals surface area contributed by atoms with Crippen LogP contribution < -0.4 is 0 Å². The number of hydrogen-bond donors (Lipinski definition) is 1. The van der Waals surface area contributed by atoms with Crippen molar-refractivity contribution in [1.29, 1.82) is 0 Å². The average Bonchev–Trinajstić information content (AvgIpc) is 2.42. The van der Waals surface area contributed by atoms with Crippen LogP contribution >= 0.6 is 0 Å². The summed E-state index contributed by atoms with van der Waals surface area (Å²) in [5.74, 6) is -0.151. The predicted octanol–water partition coefficient (Wildman–Crippen LogP) is 6.04. The van der Waals surface area contributed by atoms with E-state index in [-0.39, 0.29) is 5.92 Å². The van der Waals surface area contributed by atoms with Gasteiger partial charge in [-0.15, -0.1) is 0 Å². The highest BCUT2D eigenvalue weighted by Gasteiger charge is 2.12. The molecule has 0 heterocycles. The molecule has 0 aromatic heterocycles. The van der Waals surface area contributed by atoms with Crippen molar-refractivity contribution in [2.75, 3.05) is 0 Å². The molecule has 2 heteroatoms. The van der Waals surface area contributed by atoms with Crippen molar-refractivity contribution in [3.05, 3.63) is 0 Å². The van der Waals surface area contributed by atoms with E-state index in [2.05, 4.69) is 13.8 Å². The molecule has 120 valence electrons. The van der Waals surface area contributed by atoms with Crippen molar-refractivity contribution in [2.45, 2.75) is 97.8 Å². The summed E-state index contributed by atoms with van der Waals surface area (Å²) in [6.07, 6.45) is 15.6. The van der Waals surface area contributed by atoms with Gasteiger partial charge in [-0.3, -0.25) is 4.79 Å². The third-order valence-corrected chi connectivity index (χ3v) is 4.31. The van der Waals surface area contributed by atoms with Gasteiger partial charge < -0.3 is 5.11 Å². The van der Waals surface area contributed by atoms with E-state index in [9.17, 15) is 4.79 Å². The number of rotatable bonds is 14. The Kier molecular flexibility index (Phi) is 13.1. The zero-order chi connectivity index (χ0) is 15.2. The summed E-state index contributed by atoms with van der Waals surface area (Å²) in [5, 5.41) is 8.85. The molecule has 0 spiro atoms. The topological polar surface area (TPSA) is 37.3 Å². The Morgan fingerprint density at radius 3 is 1.80 bits per heavy atom. The van der Waals surface area contributed by atoms with Crippen LogP contribution in [0.15, 0.2) is 0 Å². The molecule has 2 nitrogen and oxygen atoms in total. The monoisotopic (exact) mass is 284 g/mol. The van der Waals surface area contributed by atoms with Crippen molar-refractivity contribution in [3.63, 3.8) is 0 Å². The lowest BCUT2D eigenvalue weighted by Gasteiger charge is -2.12. The number of carbonyl (C=O) groups is 1. The summed E-state index contributed by atoms with van der Waals surface area (Å²) in [5.41, 5.74) is 0. The van der Waals surface area contributed by atoms with Crippen LogP contribution in [0.25, 0.3) is 0 Å². The van der Waals surface area contributed by atoms with Crippen LogP contribution in [-0.4, -0.2) is 11.1 Å². The molecule has 0 fully saturated rings. The summed E-state index contributed by atoms with van der Waals surface area (Å²) in [6, 6.07) is 0. The molecule has 0 saturated carbocycles. The molecule has 0 saturated heterocycles. The zero-order valence-electron chi connectivity index (χ0n) is 14.0. The molecule has 0 amide bonds. The Balaban J connectivity index is 3.27. The van der Waals surface area contributed by atoms with Crippen molar-refractivity contribution in [2.24, 2.45) is 11.8 Å².